The molecule has 0 bridgehead atoms. The van der Waals surface area contributed by atoms with Crippen LogP contribution in [-0.2, 0) is 9.47 Å². The van der Waals surface area contributed by atoms with Crippen molar-refractivity contribution in [2.24, 2.45) is 0 Å². The molecule has 36 heavy (non-hydrogen) atoms. The van der Waals surface area contributed by atoms with Crippen LogP contribution in [0.5, 0.6) is 5.75 Å². The molecule has 0 aliphatic rings. The van der Waals surface area contributed by atoms with Crippen LogP contribution >= 0.6 is 0 Å². The predicted octanol–water partition coefficient (Wildman–Crippen LogP) is 4.81. The molecular weight excluding hydrogens is 462 g/mol. The third kappa shape index (κ3) is 4.90. The largest absolute Gasteiger partial charge is 0.505 e. The number of hydrazine groups is 1. The number of amides is 1. The van der Waals surface area contributed by atoms with Gasteiger partial charge in [0.15, 0.2) is 5.75 Å². The van der Waals surface area contributed by atoms with Gasteiger partial charge in [0.25, 0.3) is 5.91 Å². The maximum absolute atomic E-state index is 13.2. The molecule has 4 rings (SSSR count). The number of anilines is 3. The molecule has 0 atom stereocenters. The van der Waals surface area contributed by atoms with Gasteiger partial charge in [0.05, 0.1) is 42.3 Å². The lowest BCUT2D eigenvalue weighted by atomic mass is 10.0. The van der Waals surface area contributed by atoms with E-state index in [9.17, 15) is 19.5 Å². The Hall–Kier alpha value is -5.05. The van der Waals surface area contributed by atoms with Crippen LogP contribution < -0.4 is 16.2 Å². The van der Waals surface area contributed by atoms with Crippen molar-refractivity contribution in [3.8, 4) is 5.75 Å². The van der Waals surface area contributed by atoms with Gasteiger partial charge in [-0.2, -0.15) is 0 Å². The molecule has 0 saturated carbocycles. The average molecular weight is 485 g/mol. The van der Waals surface area contributed by atoms with Crippen LogP contribution in [0.1, 0.15) is 31.1 Å². The number of rotatable bonds is 7. The van der Waals surface area contributed by atoms with Gasteiger partial charge in [0, 0.05) is 5.69 Å². The topological polar surface area (TPSA) is 126 Å². The van der Waals surface area contributed by atoms with Gasteiger partial charge in [-0.1, -0.05) is 42.5 Å². The fraction of sp³-hybridized carbons (Fsp3) is 0.0741. The Kier molecular flexibility index (Phi) is 7.01. The van der Waals surface area contributed by atoms with Crippen molar-refractivity contribution in [2.45, 2.75) is 0 Å². The average Bonchev–Trinajstić information content (AvgIpc) is 2.91. The maximum Gasteiger partial charge on any atom is 0.340 e. The number of benzene rings is 4. The highest BCUT2D eigenvalue weighted by atomic mass is 16.5. The SMILES string of the molecule is COC(=O)c1ccc(C(=O)OC)c(NNc2cc3ccccc3c(C(=O)Nc3ccccc3)c2O)c1. The van der Waals surface area contributed by atoms with Crippen LogP contribution in [-0.4, -0.2) is 37.2 Å². The second-order valence-corrected chi connectivity index (χ2v) is 7.68. The highest BCUT2D eigenvalue weighted by Gasteiger charge is 2.21. The van der Waals surface area contributed by atoms with Crippen LogP contribution in [0.4, 0.5) is 17.1 Å². The summed E-state index contributed by atoms with van der Waals surface area (Å²) in [7, 11) is 2.48. The zero-order valence-electron chi connectivity index (χ0n) is 19.5. The van der Waals surface area contributed by atoms with E-state index in [1.54, 1.807) is 48.5 Å². The minimum atomic E-state index is -0.638. The van der Waals surface area contributed by atoms with E-state index in [2.05, 4.69) is 16.2 Å². The van der Waals surface area contributed by atoms with Crippen molar-refractivity contribution in [2.75, 3.05) is 30.4 Å². The van der Waals surface area contributed by atoms with Crippen molar-refractivity contribution < 1.29 is 29.0 Å². The van der Waals surface area contributed by atoms with E-state index >= 15 is 0 Å². The minimum Gasteiger partial charge on any atom is -0.505 e. The highest BCUT2D eigenvalue weighted by Crippen LogP contribution is 2.36. The molecular formula is C27H23N3O6. The lowest BCUT2D eigenvalue weighted by Gasteiger charge is -2.18. The summed E-state index contributed by atoms with van der Waals surface area (Å²) in [5.74, 6) is -2.04. The smallest absolute Gasteiger partial charge is 0.340 e. The standard InChI is InChI=1S/C27H23N3O6/c1-35-26(33)17-12-13-20(27(34)36-2)21(15-17)29-30-22-14-16-8-6-7-11-19(16)23(24(22)31)25(32)28-18-9-4-3-5-10-18/h3-15,29-31H,1-2H3,(H,28,32). The number of esters is 2. The summed E-state index contributed by atoms with van der Waals surface area (Å²) in [6.45, 7) is 0. The lowest BCUT2D eigenvalue weighted by Crippen LogP contribution is -2.17. The number of carbonyl (C=O) groups excluding carboxylic acids is 3. The van der Waals surface area contributed by atoms with Crippen LogP contribution in [0.15, 0.2) is 78.9 Å². The summed E-state index contributed by atoms with van der Waals surface area (Å²) in [4.78, 5) is 37.4. The minimum absolute atomic E-state index is 0.0674. The first-order valence-corrected chi connectivity index (χ1v) is 10.9. The van der Waals surface area contributed by atoms with Gasteiger partial charge >= 0.3 is 11.9 Å². The quantitative estimate of drug-likeness (QED) is 0.167. The van der Waals surface area contributed by atoms with E-state index in [1.807, 2.05) is 12.1 Å². The Morgan fingerprint density at radius 1 is 0.750 bits per heavy atom. The van der Waals surface area contributed by atoms with Gasteiger partial charge in [-0.25, -0.2) is 9.59 Å². The molecule has 182 valence electrons. The van der Waals surface area contributed by atoms with Crippen LogP contribution in [0.2, 0.25) is 0 Å². The fourth-order valence-electron chi connectivity index (χ4n) is 3.69. The number of nitrogens with one attached hydrogen (secondary N) is 3. The number of hydrogen-bond acceptors (Lipinski definition) is 8. The molecule has 0 aromatic heterocycles. The normalized spacial score (nSPS) is 10.4. The van der Waals surface area contributed by atoms with Gasteiger partial charge in [0.2, 0.25) is 0 Å². The number of methoxy groups -OCH3 is 2. The van der Waals surface area contributed by atoms with Gasteiger partial charge in [0.1, 0.15) is 0 Å². The molecule has 0 aliphatic carbocycles. The summed E-state index contributed by atoms with van der Waals surface area (Å²) < 4.78 is 9.57. The number of hydrogen-bond donors (Lipinski definition) is 4. The second-order valence-electron chi connectivity index (χ2n) is 7.68. The molecule has 0 radical (unpaired) electrons. The second kappa shape index (κ2) is 10.5. The van der Waals surface area contributed by atoms with Crippen molar-refractivity contribution in [3.05, 3.63) is 95.6 Å². The third-order valence-electron chi connectivity index (χ3n) is 5.46. The predicted molar refractivity (Wildman–Crippen MR) is 136 cm³/mol. The third-order valence-corrected chi connectivity index (χ3v) is 5.46. The first-order valence-electron chi connectivity index (χ1n) is 10.9. The summed E-state index contributed by atoms with van der Waals surface area (Å²) in [5, 5.41) is 15.1. The highest BCUT2D eigenvalue weighted by molar-refractivity contribution is 6.16. The Balaban J connectivity index is 1.72. The molecule has 4 aromatic carbocycles. The Morgan fingerprint density at radius 3 is 2.14 bits per heavy atom. The molecule has 0 heterocycles. The molecule has 1 amide bonds. The van der Waals surface area contributed by atoms with Crippen molar-refractivity contribution >= 4 is 45.7 Å². The van der Waals surface area contributed by atoms with Crippen LogP contribution in [0, 0.1) is 0 Å². The number of aromatic hydroxyl groups is 1. The molecule has 9 heteroatoms. The van der Waals surface area contributed by atoms with Gasteiger partial charge < -0.3 is 19.9 Å². The van der Waals surface area contributed by atoms with E-state index in [0.717, 1.165) is 0 Å². The Labute approximate surface area is 206 Å². The van der Waals surface area contributed by atoms with E-state index in [0.29, 0.717) is 16.5 Å². The number of phenolic OH excluding ortho intramolecular Hbond substituents is 1. The molecule has 0 unspecified atom stereocenters. The number of carbonyl (C=O) groups is 3. The zero-order chi connectivity index (χ0) is 25.7. The van der Waals surface area contributed by atoms with Crippen molar-refractivity contribution in [1.82, 2.24) is 0 Å². The Bertz CT molecular complexity index is 1450. The van der Waals surface area contributed by atoms with Gasteiger partial charge in [-0.3, -0.25) is 15.6 Å². The number of ether oxygens (including phenoxy) is 2. The van der Waals surface area contributed by atoms with Crippen molar-refractivity contribution in [1.29, 1.82) is 0 Å². The van der Waals surface area contributed by atoms with E-state index < -0.39 is 17.8 Å². The van der Waals surface area contributed by atoms with Gasteiger partial charge in [-0.05, 0) is 47.2 Å². The summed E-state index contributed by atoms with van der Waals surface area (Å²) >= 11 is 0. The van der Waals surface area contributed by atoms with E-state index in [-0.39, 0.29) is 33.8 Å². The van der Waals surface area contributed by atoms with Crippen molar-refractivity contribution in [3.63, 3.8) is 0 Å². The number of para-hydroxylation sites is 1. The molecule has 4 N–H and O–H groups in total. The zero-order valence-corrected chi connectivity index (χ0v) is 19.5. The number of fused-ring (bicyclic) bond motifs is 1. The molecule has 4 aromatic rings. The monoisotopic (exact) mass is 485 g/mol. The molecule has 0 saturated heterocycles. The first-order chi connectivity index (χ1) is 17.4. The fourth-order valence-corrected chi connectivity index (χ4v) is 3.69. The molecule has 9 nitrogen and oxygen atoms in total. The van der Waals surface area contributed by atoms with Crippen LogP contribution in [0.25, 0.3) is 10.8 Å². The molecule has 0 spiro atoms. The summed E-state index contributed by atoms with van der Waals surface area (Å²) in [5.41, 5.74) is 7.03. The van der Waals surface area contributed by atoms with E-state index in [1.165, 1.54) is 32.4 Å². The first kappa shape index (κ1) is 24.1. The summed E-state index contributed by atoms with van der Waals surface area (Å²) in [6, 6.07) is 21.9. The summed E-state index contributed by atoms with van der Waals surface area (Å²) in [6.07, 6.45) is 0. The van der Waals surface area contributed by atoms with E-state index in [4.69, 9.17) is 9.47 Å². The Morgan fingerprint density at radius 2 is 1.42 bits per heavy atom. The van der Waals surface area contributed by atoms with Gasteiger partial charge in [-0.15, -0.1) is 0 Å². The van der Waals surface area contributed by atoms with Crippen LogP contribution in [0.3, 0.4) is 0 Å². The lowest BCUT2D eigenvalue weighted by molar-refractivity contribution is 0.0587. The number of phenols is 1. The molecule has 0 aliphatic heterocycles. The molecule has 0 fully saturated rings. The maximum atomic E-state index is 13.2.